The molecule has 1 heterocycles. The summed E-state index contributed by atoms with van der Waals surface area (Å²) in [6, 6.07) is 5.36. The van der Waals surface area contributed by atoms with Gasteiger partial charge in [-0.05, 0) is 43.9 Å². The topological polar surface area (TPSA) is 12.0 Å². The first-order valence-electron chi connectivity index (χ1n) is 5.52. The maximum absolute atomic E-state index is 3.38. The Hall–Kier alpha value is -0.340. The van der Waals surface area contributed by atoms with Crippen molar-refractivity contribution >= 4 is 11.3 Å². The predicted octanol–water partition coefficient (Wildman–Crippen LogP) is 3.02. The molecule has 3 atom stereocenters. The predicted molar refractivity (Wildman–Crippen MR) is 63.1 cm³/mol. The van der Waals surface area contributed by atoms with Crippen molar-refractivity contribution in [3.63, 3.8) is 0 Å². The lowest BCUT2D eigenvalue weighted by molar-refractivity contribution is 0.197. The summed E-state index contributed by atoms with van der Waals surface area (Å²) in [5.41, 5.74) is 0. The second-order valence-corrected chi connectivity index (χ2v) is 5.45. The molecule has 2 heteroatoms. The van der Waals surface area contributed by atoms with E-state index in [0.29, 0.717) is 0 Å². The maximum Gasteiger partial charge on any atom is 0.0102 e. The van der Waals surface area contributed by atoms with E-state index < -0.39 is 0 Å². The molecule has 1 aromatic heterocycles. The molecular formula is C12H19NS. The molecular weight excluding hydrogens is 190 g/mol. The van der Waals surface area contributed by atoms with Crippen LogP contribution >= 0.6 is 11.3 Å². The minimum atomic E-state index is 0.743. The molecule has 0 bridgehead atoms. The van der Waals surface area contributed by atoms with Crippen molar-refractivity contribution in [2.45, 2.75) is 38.6 Å². The molecule has 14 heavy (non-hydrogen) atoms. The molecule has 1 fully saturated rings. The lowest BCUT2D eigenvalue weighted by Crippen LogP contribution is -2.45. The van der Waals surface area contributed by atoms with Gasteiger partial charge in [0.2, 0.25) is 0 Å². The summed E-state index contributed by atoms with van der Waals surface area (Å²) in [5, 5.41) is 3.38. The molecule has 1 aliphatic rings. The summed E-state index contributed by atoms with van der Waals surface area (Å²) in [4.78, 5) is 3.13. The van der Waals surface area contributed by atoms with Gasteiger partial charge in [-0.3, -0.25) is 0 Å². The van der Waals surface area contributed by atoms with Crippen LogP contribution in [0.4, 0.5) is 0 Å². The van der Waals surface area contributed by atoms with Crippen molar-refractivity contribution in [3.05, 3.63) is 21.9 Å². The number of aryl methyl sites for hydroxylation is 1. The standard InChI is InChI=1S/C12H19NS/c1-4-9-5-6-12(14-9)10-7-11(13-3)8(10)2/h5-6,8,10-11,13H,4,7H2,1-3H3. The Balaban J connectivity index is 2.03. The maximum atomic E-state index is 3.38. The molecule has 3 unspecified atom stereocenters. The highest BCUT2D eigenvalue weighted by Crippen LogP contribution is 2.44. The van der Waals surface area contributed by atoms with Crippen molar-refractivity contribution in [2.75, 3.05) is 7.05 Å². The number of rotatable bonds is 3. The summed E-state index contributed by atoms with van der Waals surface area (Å²) in [5.74, 6) is 1.63. The fraction of sp³-hybridized carbons (Fsp3) is 0.667. The van der Waals surface area contributed by atoms with Crippen molar-refractivity contribution in [1.29, 1.82) is 0 Å². The number of thiophene rings is 1. The Morgan fingerprint density at radius 3 is 2.79 bits per heavy atom. The zero-order valence-electron chi connectivity index (χ0n) is 9.21. The summed E-state index contributed by atoms with van der Waals surface area (Å²) in [7, 11) is 2.07. The average Bonchev–Trinajstić information content (AvgIpc) is 2.65. The van der Waals surface area contributed by atoms with Crippen molar-refractivity contribution < 1.29 is 0 Å². The van der Waals surface area contributed by atoms with Gasteiger partial charge in [0.05, 0.1) is 0 Å². The Bertz CT molecular complexity index is 305. The van der Waals surface area contributed by atoms with Gasteiger partial charge in [0.25, 0.3) is 0 Å². The molecule has 0 saturated heterocycles. The lowest BCUT2D eigenvalue weighted by atomic mass is 9.70. The smallest absolute Gasteiger partial charge is 0.0102 e. The SMILES string of the molecule is CCc1ccc(C2CC(NC)C2C)s1. The summed E-state index contributed by atoms with van der Waals surface area (Å²) < 4.78 is 0. The van der Waals surface area contributed by atoms with E-state index in [0.717, 1.165) is 17.9 Å². The Kier molecular flexibility index (Phi) is 2.93. The average molecular weight is 209 g/mol. The van der Waals surface area contributed by atoms with Gasteiger partial charge < -0.3 is 5.32 Å². The molecule has 0 spiro atoms. The van der Waals surface area contributed by atoms with Crippen molar-refractivity contribution in [1.82, 2.24) is 5.32 Å². The summed E-state index contributed by atoms with van der Waals surface area (Å²) in [6.45, 7) is 4.59. The molecule has 1 aliphatic carbocycles. The Labute approximate surface area is 90.5 Å². The first kappa shape index (κ1) is 10.2. The fourth-order valence-corrected chi connectivity index (χ4v) is 3.51. The van der Waals surface area contributed by atoms with Crippen LogP contribution in [0.15, 0.2) is 12.1 Å². The van der Waals surface area contributed by atoms with E-state index in [2.05, 4.69) is 38.3 Å². The van der Waals surface area contributed by atoms with Gasteiger partial charge in [0.1, 0.15) is 0 Å². The lowest BCUT2D eigenvalue weighted by Gasteiger charge is -2.42. The fourth-order valence-electron chi connectivity index (χ4n) is 2.33. The van der Waals surface area contributed by atoms with Gasteiger partial charge in [-0.2, -0.15) is 0 Å². The van der Waals surface area contributed by atoms with Crippen molar-refractivity contribution in [3.8, 4) is 0 Å². The number of hydrogen-bond donors (Lipinski definition) is 1. The summed E-state index contributed by atoms with van der Waals surface area (Å²) in [6.07, 6.45) is 2.50. The van der Waals surface area contributed by atoms with Crippen LogP contribution in [0, 0.1) is 5.92 Å². The Morgan fingerprint density at radius 1 is 1.50 bits per heavy atom. The van der Waals surface area contributed by atoms with Crippen LogP contribution in [-0.2, 0) is 6.42 Å². The van der Waals surface area contributed by atoms with Crippen LogP contribution in [0.1, 0.15) is 35.9 Å². The second-order valence-electron chi connectivity index (χ2n) is 4.25. The first-order chi connectivity index (χ1) is 6.76. The van der Waals surface area contributed by atoms with E-state index in [4.69, 9.17) is 0 Å². The molecule has 1 saturated carbocycles. The third-order valence-corrected chi connectivity index (χ3v) is 4.91. The molecule has 0 aliphatic heterocycles. The van der Waals surface area contributed by atoms with Crippen LogP contribution in [0.25, 0.3) is 0 Å². The Morgan fingerprint density at radius 2 is 2.29 bits per heavy atom. The third kappa shape index (κ3) is 1.61. The van der Waals surface area contributed by atoms with Crippen LogP contribution in [0.2, 0.25) is 0 Å². The molecule has 1 nitrogen and oxygen atoms in total. The molecule has 1 aromatic rings. The third-order valence-electron chi connectivity index (χ3n) is 3.54. The monoisotopic (exact) mass is 209 g/mol. The second kappa shape index (κ2) is 4.03. The number of hydrogen-bond acceptors (Lipinski definition) is 2. The highest BCUT2D eigenvalue weighted by atomic mass is 32.1. The van der Waals surface area contributed by atoms with E-state index in [1.54, 1.807) is 4.88 Å². The summed E-state index contributed by atoms with van der Waals surface area (Å²) >= 11 is 2.01. The first-order valence-corrected chi connectivity index (χ1v) is 6.33. The van der Waals surface area contributed by atoms with E-state index >= 15 is 0 Å². The highest BCUT2D eigenvalue weighted by Gasteiger charge is 2.38. The van der Waals surface area contributed by atoms with Crippen LogP contribution in [0.5, 0.6) is 0 Å². The largest absolute Gasteiger partial charge is 0.317 e. The normalized spacial score (nSPS) is 31.5. The highest BCUT2D eigenvalue weighted by molar-refractivity contribution is 7.12. The van der Waals surface area contributed by atoms with Gasteiger partial charge in [-0.15, -0.1) is 11.3 Å². The zero-order valence-corrected chi connectivity index (χ0v) is 10.0. The van der Waals surface area contributed by atoms with Gasteiger partial charge in [-0.1, -0.05) is 13.8 Å². The van der Waals surface area contributed by atoms with E-state index in [9.17, 15) is 0 Å². The van der Waals surface area contributed by atoms with Crippen molar-refractivity contribution in [2.24, 2.45) is 5.92 Å². The molecule has 78 valence electrons. The molecule has 1 N–H and O–H groups in total. The molecule has 0 aromatic carbocycles. The van der Waals surface area contributed by atoms with E-state index in [-0.39, 0.29) is 0 Å². The molecule has 0 radical (unpaired) electrons. The zero-order chi connectivity index (χ0) is 10.1. The van der Waals surface area contributed by atoms with Gasteiger partial charge >= 0.3 is 0 Å². The van der Waals surface area contributed by atoms with Gasteiger partial charge in [0.15, 0.2) is 0 Å². The van der Waals surface area contributed by atoms with Crippen LogP contribution in [0.3, 0.4) is 0 Å². The van der Waals surface area contributed by atoms with E-state index in [1.165, 1.54) is 17.7 Å². The van der Waals surface area contributed by atoms with Gasteiger partial charge in [0, 0.05) is 15.8 Å². The quantitative estimate of drug-likeness (QED) is 0.807. The van der Waals surface area contributed by atoms with Gasteiger partial charge in [-0.25, -0.2) is 0 Å². The van der Waals surface area contributed by atoms with E-state index in [1.807, 2.05) is 11.3 Å². The van der Waals surface area contributed by atoms with Crippen LogP contribution < -0.4 is 5.32 Å². The molecule has 2 rings (SSSR count). The van der Waals surface area contributed by atoms with Crippen LogP contribution in [-0.4, -0.2) is 13.1 Å². The minimum Gasteiger partial charge on any atom is -0.317 e. The minimum absolute atomic E-state index is 0.743. The molecule has 0 amide bonds. The number of nitrogens with one attached hydrogen (secondary N) is 1.